The smallest absolute Gasteiger partial charge is 0.291 e. The normalized spacial score (nSPS) is 10.8. The average Bonchev–Trinajstić information content (AvgIpc) is 2.14. The Morgan fingerprint density at radius 2 is 1.62 bits per heavy atom. The third-order valence-corrected chi connectivity index (χ3v) is 0.756. The minimum atomic E-state index is -2.20. The Morgan fingerprint density at radius 1 is 1.08 bits per heavy atom. The molecule has 0 saturated carbocycles. The summed E-state index contributed by atoms with van der Waals surface area (Å²) in [5, 5.41) is 7.47. The summed E-state index contributed by atoms with van der Waals surface area (Å²) >= 11 is 0. The van der Waals surface area contributed by atoms with Gasteiger partial charge in [0.05, 0.1) is 0 Å². The molecule has 0 saturated heterocycles. The van der Waals surface area contributed by atoms with E-state index in [9.17, 15) is 18.4 Å². The molecule has 0 unspecified atom stereocenters. The quantitative estimate of drug-likeness (QED) is 0.324. The number of carbonyl (C=O) groups is 1. The molecule has 0 rings (SSSR count). The zero-order chi connectivity index (χ0) is 10.1. The molecule has 0 fully saturated rings. The van der Waals surface area contributed by atoms with Crippen LogP contribution in [0.1, 0.15) is 0 Å². The molecule has 0 aromatic rings. The fraction of sp³-hybridized carbons (Fsp3) is 0.667. The van der Waals surface area contributed by atoms with Crippen molar-refractivity contribution in [3.63, 3.8) is 0 Å². The van der Waals surface area contributed by atoms with E-state index in [1.165, 1.54) is 0 Å². The van der Waals surface area contributed by atoms with Gasteiger partial charge >= 0.3 is 0 Å². The Balaban J connectivity index is 3.80. The highest BCUT2D eigenvalue weighted by atomic mass is 19.3. The Kier molecular flexibility index (Phi) is 7.38. The second kappa shape index (κ2) is 7.85. The lowest BCUT2D eigenvalue weighted by Crippen LogP contribution is -2.29. The van der Waals surface area contributed by atoms with Gasteiger partial charge in [-0.15, -0.1) is 0 Å². The molecular weight excluding hydrogens is 205 g/mol. The van der Waals surface area contributed by atoms with Gasteiger partial charge in [0.25, 0.3) is 6.29 Å². The highest BCUT2D eigenvalue weighted by Crippen LogP contribution is 2.00. The maximum atomic E-state index is 11.0. The molecule has 13 heavy (non-hydrogen) atoms. The van der Waals surface area contributed by atoms with Gasteiger partial charge in [0.1, 0.15) is 6.61 Å². The first-order valence-corrected chi connectivity index (χ1v) is 2.57. The summed E-state index contributed by atoms with van der Waals surface area (Å²) < 4.78 is 32.8. The van der Waals surface area contributed by atoms with Crippen molar-refractivity contribution >= 4 is 5.78 Å². The van der Waals surface area contributed by atoms with Gasteiger partial charge in [-0.3, -0.25) is 4.79 Å². The number of hydrogen-bond acceptors (Lipinski definition) is 7. The van der Waals surface area contributed by atoms with Gasteiger partial charge in [-0.25, -0.2) is 0 Å². The van der Waals surface area contributed by atoms with E-state index in [0.29, 0.717) is 0 Å². The molecule has 0 N–H and O–H groups in total. The molecule has 0 aliphatic rings. The first-order valence-electron chi connectivity index (χ1n) is 2.57. The van der Waals surface area contributed by atoms with E-state index in [4.69, 9.17) is 0 Å². The predicted molar refractivity (Wildman–Crippen MR) is 23.5 cm³/mol. The Morgan fingerprint density at radius 3 is 2.00 bits per heavy atom. The van der Waals surface area contributed by atoms with Crippen LogP contribution in [0.3, 0.4) is 0 Å². The SMILES string of the molecule is O=C(COOF)C(OOF)OOF. The minimum Gasteiger partial charge on any atom is -0.291 e. The molecule has 0 heterocycles. The summed E-state index contributed by atoms with van der Waals surface area (Å²) in [5.41, 5.74) is 0. The maximum absolute atomic E-state index is 11.0. The summed E-state index contributed by atoms with van der Waals surface area (Å²) in [4.78, 5) is 20.8. The van der Waals surface area contributed by atoms with E-state index in [1.807, 2.05) is 0 Å². The van der Waals surface area contributed by atoms with E-state index in [0.717, 1.165) is 0 Å². The maximum Gasteiger partial charge on any atom is 0.291 e. The minimum absolute atomic E-state index is 1.03. The number of Topliss-reactive ketones (excluding diaryl/α,β-unsaturated/α-hetero) is 1. The molecule has 0 aliphatic heterocycles. The lowest BCUT2D eigenvalue weighted by atomic mass is 10.4. The number of ketones is 1. The van der Waals surface area contributed by atoms with Crippen LogP contribution < -0.4 is 0 Å². The van der Waals surface area contributed by atoms with E-state index >= 15 is 0 Å². The second-order valence-corrected chi connectivity index (χ2v) is 1.44. The van der Waals surface area contributed by atoms with Crippen LogP contribution in [0.2, 0.25) is 0 Å². The fourth-order valence-electron chi connectivity index (χ4n) is 0.338. The molecule has 10 heteroatoms. The highest BCUT2D eigenvalue weighted by Gasteiger charge is 2.24. The molecule has 0 bridgehead atoms. The van der Waals surface area contributed by atoms with Crippen molar-refractivity contribution in [3.8, 4) is 0 Å². The first-order chi connectivity index (χ1) is 6.26. The van der Waals surface area contributed by atoms with Crippen LogP contribution in [0.4, 0.5) is 13.6 Å². The van der Waals surface area contributed by atoms with Crippen molar-refractivity contribution in [2.75, 3.05) is 6.61 Å². The van der Waals surface area contributed by atoms with Crippen molar-refractivity contribution in [1.82, 2.24) is 0 Å². The third-order valence-electron chi connectivity index (χ3n) is 0.756. The average molecular weight is 208 g/mol. The van der Waals surface area contributed by atoms with Crippen LogP contribution >= 0.6 is 0 Å². The zero-order valence-electron chi connectivity index (χ0n) is 5.78. The van der Waals surface area contributed by atoms with Crippen molar-refractivity contribution < 1.29 is 48.3 Å². The molecule has 0 aromatic carbocycles. The van der Waals surface area contributed by atoms with Gasteiger partial charge < -0.3 is 0 Å². The number of carbonyl (C=O) groups excluding carboxylic acids is 1. The zero-order valence-corrected chi connectivity index (χ0v) is 5.78. The van der Waals surface area contributed by atoms with E-state index in [1.54, 1.807) is 0 Å². The molecule has 0 aromatic heterocycles. The van der Waals surface area contributed by atoms with Crippen LogP contribution in [0.5, 0.6) is 0 Å². The molecule has 78 valence electrons. The largest absolute Gasteiger partial charge is 0.291 e. The van der Waals surface area contributed by atoms with E-state index in [-0.39, 0.29) is 0 Å². The number of hydrogen-bond donors (Lipinski definition) is 0. The summed E-state index contributed by atoms with van der Waals surface area (Å²) in [5.74, 6) is -1.26. The van der Waals surface area contributed by atoms with Gasteiger partial charge in [-0.1, -0.05) is 0 Å². The number of halogens is 3. The van der Waals surface area contributed by atoms with Crippen LogP contribution in [0.25, 0.3) is 0 Å². The van der Waals surface area contributed by atoms with Crippen LogP contribution in [-0.4, -0.2) is 18.7 Å². The van der Waals surface area contributed by atoms with Crippen LogP contribution in [-0.2, 0) is 34.7 Å². The van der Waals surface area contributed by atoms with Gasteiger partial charge in [-0.05, 0) is 28.9 Å². The standard InChI is InChI=1S/C3H3F3O7/c4-11-8-1-2(7)3(9-12-5)10-13-6/h3H,1H2. The summed E-state index contributed by atoms with van der Waals surface area (Å²) in [7, 11) is 0. The molecule has 0 aliphatic carbocycles. The summed E-state index contributed by atoms with van der Waals surface area (Å²) in [6.07, 6.45) is -2.20. The van der Waals surface area contributed by atoms with Crippen LogP contribution in [0, 0.1) is 0 Å². The van der Waals surface area contributed by atoms with Gasteiger partial charge in [0.15, 0.2) is 0 Å². The molecule has 0 radical (unpaired) electrons. The summed E-state index contributed by atoms with van der Waals surface area (Å²) in [6, 6.07) is 0. The Hall–Kier alpha value is -0.780. The molecule has 0 atom stereocenters. The van der Waals surface area contributed by atoms with Crippen molar-refractivity contribution in [2.45, 2.75) is 6.29 Å². The van der Waals surface area contributed by atoms with Gasteiger partial charge in [-0.2, -0.15) is 14.7 Å². The van der Waals surface area contributed by atoms with Crippen LogP contribution in [0.15, 0.2) is 0 Å². The monoisotopic (exact) mass is 208 g/mol. The first kappa shape index (κ1) is 12.2. The van der Waals surface area contributed by atoms with Crippen molar-refractivity contribution in [3.05, 3.63) is 0 Å². The summed E-state index contributed by atoms with van der Waals surface area (Å²) in [6.45, 7) is -1.03. The Labute approximate surface area is 68.3 Å². The molecule has 7 nitrogen and oxygen atoms in total. The number of rotatable bonds is 8. The van der Waals surface area contributed by atoms with Gasteiger partial charge in [0.2, 0.25) is 5.78 Å². The molecule has 0 spiro atoms. The molecular formula is C3H3F3O7. The van der Waals surface area contributed by atoms with Gasteiger partial charge in [0, 0.05) is 0 Å². The predicted octanol–water partition coefficient (Wildman–Crippen LogP) is 0.380. The fourth-order valence-corrected chi connectivity index (χ4v) is 0.338. The van der Waals surface area contributed by atoms with E-state index < -0.39 is 18.7 Å². The van der Waals surface area contributed by atoms with Crippen molar-refractivity contribution in [1.29, 1.82) is 0 Å². The topological polar surface area (TPSA) is 72.5 Å². The van der Waals surface area contributed by atoms with E-state index in [2.05, 4.69) is 29.9 Å². The van der Waals surface area contributed by atoms with Crippen molar-refractivity contribution in [2.24, 2.45) is 0 Å². The lowest BCUT2D eigenvalue weighted by Gasteiger charge is -2.06. The highest BCUT2D eigenvalue weighted by molar-refractivity contribution is 5.82. The third kappa shape index (κ3) is 5.46. The molecule has 0 amide bonds. The second-order valence-electron chi connectivity index (χ2n) is 1.44. The Bertz CT molecular complexity index is 137. The lowest BCUT2D eigenvalue weighted by molar-refractivity contribution is -0.546.